The summed E-state index contributed by atoms with van der Waals surface area (Å²) in [5, 5.41) is 6.55. The molecule has 1 aromatic carbocycles. The molecule has 0 spiro atoms. The van der Waals surface area contributed by atoms with Gasteiger partial charge in [-0.15, -0.1) is 0 Å². The third-order valence-electron chi connectivity index (χ3n) is 4.89. The van der Waals surface area contributed by atoms with Crippen LogP contribution in [-0.4, -0.2) is 62.3 Å². The van der Waals surface area contributed by atoms with Gasteiger partial charge in [0, 0.05) is 38.8 Å². The van der Waals surface area contributed by atoms with E-state index in [2.05, 4.69) is 31.6 Å². The average molecular weight is 402 g/mol. The van der Waals surface area contributed by atoms with Gasteiger partial charge in [0.25, 0.3) is 0 Å². The molecule has 1 aliphatic heterocycles. The SMILES string of the molecule is CN=C(NCc1nc(C)c(C)o1)NCc1ccccc1OCCN1CCOCC1. The van der Waals surface area contributed by atoms with Crippen molar-refractivity contribution in [2.45, 2.75) is 26.9 Å². The van der Waals surface area contributed by atoms with Crippen LogP contribution in [0.25, 0.3) is 0 Å². The van der Waals surface area contributed by atoms with Gasteiger partial charge in [0.2, 0.25) is 5.89 Å². The number of aromatic nitrogens is 1. The zero-order valence-electron chi connectivity index (χ0n) is 17.5. The van der Waals surface area contributed by atoms with Crippen molar-refractivity contribution in [3.63, 3.8) is 0 Å². The Labute approximate surface area is 172 Å². The molecule has 0 bridgehead atoms. The minimum Gasteiger partial charge on any atom is -0.492 e. The number of hydrogen-bond donors (Lipinski definition) is 2. The van der Waals surface area contributed by atoms with E-state index in [0.29, 0.717) is 31.5 Å². The van der Waals surface area contributed by atoms with Gasteiger partial charge in [-0.2, -0.15) is 0 Å². The third-order valence-corrected chi connectivity index (χ3v) is 4.89. The average Bonchev–Trinajstić information content (AvgIpc) is 3.07. The molecule has 0 radical (unpaired) electrons. The number of nitrogens with zero attached hydrogens (tertiary/aromatic N) is 3. The van der Waals surface area contributed by atoms with E-state index < -0.39 is 0 Å². The second-order valence-corrected chi connectivity index (χ2v) is 6.94. The second kappa shape index (κ2) is 10.8. The quantitative estimate of drug-likeness (QED) is 0.516. The highest BCUT2D eigenvalue weighted by Crippen LogP contribution is 2.17. The van der Waals surface area contributed by atoms with Crippen LogP contribution >= 0.6 is 0 Å². The van der Waals surface area contributed by atoms with Crippen molar-refractivity contribution in [3.8, 4) is 5.75 Å². The standard InChI is InChI=1S/C21H31N5O3/c1-16-17(2)29-20(25-16)15-24-21(22-3)23-14-18-6-4-5-7-19(18)28-13-10-26-8-11-27-12-9-26/h4-7H,8-15H2,1-3H3,(H2,22,23,24). The van der Waals surface area contributed by atoms with Crippen molar-refractivity contribution >= 4 is 5.96 Å². The fraction of sp³-hybridized carbons (Fsp3) is 0.524. The normalized spacial score (nSPS) is 15.3. The number of aliphatic imine (C=N–C) groups is 1. The van der Waals surface area contributed by atoms with E-state index in [1.165, 1.54) is 0 Å². The van der Waals surface area contributed by atoms with Crippen LogP contribution in [0, 0.1) is 13.8 Å². The van der Waals surface area contributed by atoms with Gasteiger partial charge >= 0.3 is 0 Å². The molecular weight excluding hydrogens is 370 g/mol. The van der Waals surface area contributed by atoms with Crippen LogP contribution in [0.5, 0.6) is 5.75 Å². The number of aryl methyl sites for hydroxylation is 2. The summed E-state index contributed by atoms with van der Waals surface area (Å²) in [6, 6.07) is 8.07. The fourth-order valence-corrected chi connectivity index (χ4v) is 3.07. The van der Waals surface area contributed by atoms with E-state index in [1.54, 1.807) is 7.05 Å². The lowest BCUT2D eigenvalue weighted by molar-refractivity contribution is 0.0322. The van der Waals surface area contributed by atoms with Gasteiger partial charge < -0.3 is 24.5 Å². The zero-order valence-corrected chi connectivity index (χ0v) is 17.5. The molecule has 1 fully saturated rings. The molecule has 2 aromatic rings. The van der Waals surface area contributed by atoms with Crippen LogP contribution in [0.3, 0.4) is 0 Å². The molecule has 0 saturated carbocycles. The van der Waals surface area contributed by atoms with E-state index in [0.717, 1.165) is 55.6 Å². The fourth-order valence-electron chi connectivity index (χ4n) is 3.07. The molecular formula is C21H31N5O3. The Balaban J connectivity index is 1.47. The first-order chi connectivity index (χ1) is 14.2. The summed E-state index contributed by atoms with van der Waals surface area (Å²) in [5.41, 5.74) is 1.99. The second-order valence-electron chi connectivity index (χ2n) is 6.94. The maximum absolute atomic E-state index is 6.04. The molecule has 1 aromatic heterocycles. The monoisotopic (exact) mass is 401 g/mol. The molecule has 2 N–H and O–H groups in total. The topological polar surface area (TPSA) is 84.2 Å². The number of morpholine rings is 1. The summed E-state index contributed by atoms with van der Waals surface area (Å²) in [7, 11) is 1.74. The Bertz CT molecular complexity index is 780. The van der Waals surface area contributed by atoms with Crippen molar-refractivity contribution in [1.29, 1.82) is 0 Å². The highest BCUT2D eigenvalue weighted by molar-refractivity contribution is 5.79. The van der Waals surface area contributed by atoms with E-state index in [4.69, 9.17) is 13.9 Å². The Morgan fingerprint density at radius 1 is 1.17 bits per heavy atom. The predicted octanol–water partition coefficient (Wildman–Crippen LogP) is 1.87. The van der Waals surface area contributed by atoms with Gasteiger partial charge in [-0.25, -0.2) is 4.98 Å². The highest BCUT2D eigenvalue weighted by Gasteiger charge is 2.11. The molecule has 0 atom stereocenters. The number of rotatable bonds is 8. The van der Waals surface area contributed by atoms with Crippen molar-refractivity contribution in [2.75, 3.05) is 46.5 Å². The van der Waals surface area contributed by atoms with Gasteiger partial charge in [-0.1, -0.05) is 18.2 Å². The maximum Gasteiger partial charge on any atom is 0.214 e. The summed E-state index contributed by atoms with van der Waals surface area (Å²) in [6.45, 7) is 10.1. The van der Waals surface area contributed by atoms with Crippen molar-refractivity contribution in [3.05, 3.63) is 47.2 Å². The summed E-state index contributed by atoms with van der Waals surface area (Å²) in [6.07, 6.45) is 0. The molecule has 8 nitrogen and oxygen atoms in total. The van der Waals surface area contributed by atoms with E-state index >= 15 is 0 Å². The summed E-state index contributed by atoms with van der Waals surface area (Å²) in [4.78, 5) is 11.0. The van der Waals surface area contributed by atoms with E-state index in [9.17, 15) is 0 Å². The Morgan fingerprint density at radius 3 is 2.66 bits per heavy atom. The molecule has 8 heteroatoms. The van der Waals surface area contributed by atoms with Gasteiger partial charge in [-0.05, 0) is 19.9 Å². The van der Waals surface area contributed by atoms with Crippen LogP contribution in [0.1, 0.15) is 22.9 Å². The summed E-state index contributed by atoms with van der Waals surface area (Å²) in [5.74, 6) is 3.06. The molecule has 0 unspecified atom stereocenters. The number of oxazole rings is 1. The molecule has 2 heterocycles. The minimum absolute atomic E-state index is 0.478. The smallest absolute Gasteiger partial charge is 0.214 e. The summed E-state index contributed by atoms with van der Waals surface area (Å²) >= 11 is 0. The molecule has 3 rings (SSSR count). The van der Waals surface area contributed by atoms with E-state index in [-0.39, 0.29) is 0 Å². The van der Waals surface area contributed by atoms with Crippen molar-refractivity contribution in [2.24, 2.45) is 4.99 Å². The van der Waals surface area contributed by atoms with Crippen LogP contribution in [0.4, 0.5) is 0 Å². The number of nitrogens with one attached hydrogen (secondary N) is 2. The Kier molecular flexibility index (Phi) is 7.89. The highest BCUT2D eigenvalue weighted by atomic mass is 16.5. The maximum atomic E-state index is 6.04. The Morgan fingerprint density at radius 2 is 1.93 bits per heavy atom. The number of para-hydroxylation sites is 1. The first-order valence-electron chi connectivity index (χ1n) is 10.0. The van der Waals surface area contributed by atoms with Crippen molar-refractivity contribution in [1.82, 2.24) is 20.5 Å². The summed E-state index contributed by atoms with van der Waals surface area (Å²) < 4.78 is 17.0. The predicted molar refractivity (Wildman–Crippen MR) is 112 cm³/mol. The van der Waals surface area contributed by atoms with Crippen LogP contribution in [0.2, 0.25) is 0 Å². The molecule has 1 saturated heterocycles. The third kappa shape index (κ3) is 6.47. The van der Waals surface area contributed by atoms with Gasteiger partial charge in [0.05, 0.1) is 25.5 Å². The van der Waals surface area contributed by atoms with Gasteiger partial charge in [0.1, 0.15) is 18.1 Å². The minimum atomic E-state index is 0.478. The lowest BCUT2D eigenvalue weighted by Crippen LogP contribution is -2.38. The lowest BCUT2D eigenvalue weighted by atomic mass is 10.2. The molecule has 158 valence electrons. The van der Waals surface area contributed by atoms with Crippen LogP contribution < -0.4 is 15.4 Å². The Hall–Kier alpha value is -2.58. The first kappa shape index (κ1) is 21.1. The number of ether oxygens (including phenoxy) is 2. The number of guanidine groups is 1. The van der Waals surface area contributed by atoms with E-state index in [1.807, 2.05) is 32.0 Å². The van der Waals surface area contributed by atoms with Crippen LogP contribution in [0.15, 0.2) is 33.7 Å². The lowest BCUT2D eigenvalue weighted by Gasteiger charge is -2.26. The van der Waals surface area contributed by atoms with Crippen LogP contribution in [-0.2, 0) is 17.8 Å². The van der Waals surface area contributed by atoms with Gasteiger partial charge in [-0.3, -0.25) is 9.89 Å². The first-order valence-corrected chi connectivity index (χ1v) is 10.0. The molecule has 0 amide bonds. The molecule has 1 aliphatic rings. The molecule has 0 aliphatic carbocycles. The molecule has 29 heavy (non-hydrogen) atoms. The van der Waals surface area contributed by atoms with Gasteiger partial charge in [0.15, 0.2) is 5.96 Å². The number of hydrogen-bond acceptors (Lipinski definition) is 6. The largest absolute Gasteiger partial charge is 0.492 e. The number of benzene rings is 1. The zero-order chi connectivity index (χ0) is 20.5. The van der Waals surface area contributed by atoms with Crippen molar-refractivity contribution < 1.29 is 13.9 Å².